The number of esters is 1. The number of carbonyl (C=O) groups is 3. The van der Waals surface area contributed by atoms with Gasteiger partial charge in [-0.25, -0.2) is 14.6 Å². The number of alkyl carbamates (subject to hydrolysis) is 1. The van der Waals surface area contributed by atoms with Gasteiger partial charge in [0.1, 0.15) is 30.3 Å². The number of aromatic hydroxyl groups is 1. The summed E-state index contributed by atoms with van der Waals surface area (Å²) in [6.07, 6.45) is 2.18. The van der Waals surface area contributed by atoms with E-state index in [0.717, 1.165) is 5.56 Å². The van der Waals surface area contributed by atoms with Crippen molar-refractivity contribution in [2.45, 2.75) is 38.5 Å². The van der Waals surface area contributed by atoms with Crippen LogP contribution in [0.15, 0.2) is 83.7 Å². The molecule has 45 heavy (non-hydrogen) atoms. The van der Waals surface area contributed by atoms with E-state index in [0.29, 0.717) is 40.4 Å². The number of oxazole rings is 1. The third-order valence-electron chi connectivity index (χ3n) is 6.61. The average molecular weight is 618 g/mol. The maximum atomic E-state index is 12.6. The minimum atomic E-state index is -0.905. The number of nitrogens with two attached hydrogens (primary N) is 1. The van der Waals surface area contributed by atoms with Crippen molar-refractivity contribution in [3.05, 3.63) is 90.4 Å². The molecule has 0 bridgehead atoms. The molecule has 0 spiro atoms. The maximum Gasteiger partial charge on any atom is 0.407 e. The Bertz CT molecular complexity index is 1580. The first-order valence-electron chi connectivity index (χ1n) is 14.1. The van der Waals surface area contributed by atoms with Crippen LogP contribution < -0.4 is 26.4 Å². The van der Waals surface area contributed by atoms with Crippen LogP contribution in [-0.4, -0.2) is 54.0 Å². The SMILES string of the molecule is CC[C@H](COC(=O)[C@H](N)Cc1ccc(O)cc1)OC(=O)NCc1cccc(NC(=O)Nc2ccc(-c3cnco3)c(OC)c2)c1. The van der Waals surface area contributed by atoms with E-state index in [-0.39, 0.29) is 25.3 Å². The molecule has 0 aliphatic rings. The third kappa shape index (κ3) is 9.73. The highest BCUT2D eigenvalue weighted by Crippen LogP contribution is 2.32. The van der Waals surface area contributed by atoms with E-state index in [1.807, 2.05) is 0 Å². The molecule has 3 aromatic carbocycles. The number of anilines is 2. The summed E-state index contributed by atoms with van der Waals surface area (Å²) in [6.45, 7) is 1.78. The lowest BCUT2D eigenvalue weighted by molar-refractivity contribution is -0.148. The molecule has 0 saturated carbocycles. The van der Waals surface area contributed by atoms with E-state index < -0.39 is 30.2 Å². The minimum absolute atomic E-state index is 0.119. The van der Waals surface area contributed by atoms with E-state index in [2.05, 4.69) is 20.9 Å². The molecule has 0 unspecified atom stereocenters. The fraction of sp³-hybridized carbons (Fsp3) is 0.250. The largest absolute Gasteiger partial charge is 0.508 e. The van der Waals surface area contributed by atoms with Gasteiger partial charge < -0.3 is 45.4 Å². The lowest BCUT2D eigenvalue weighted by atomic mass is 10.1. The lowest BCUT2D eigenvalue weighted by Crippen LogP contribution is -2.37. The second kappa shape index (κ2) is 15.8. The van der Waals surface area contributed by atoms with Crippen molar-refractivity contribution >= 4 is 29.5 Å². The summed E-state index contributed by atoms with van der Waals surface area (Å²) in [6, 6.07) is 17.1. The molecule has 4 rings (SSSR count). The number of benzene rings is 3. The van der Waals surface area contributed by atoms with Gasteiger partial charge in [0.15, 0.2) is 12.2 Å². The highest BCUT2D eigenvalue weighted by molar-refractivity contribution is 6.00. The first kappa shape index (κ1) is 32.4. The predicted octanol–water partition coefficient (Wildman–Crippen LogP) is 4.82. The van der Waals surface area contributed by atoms with Crippen molar-refractivity contribution in [3.8, 4) is 22.8 Å². The smallest absolute Gasteiger partial charge is 0.407 e. The Hall–Kier alpha value is -5.56. The number of urea groups is 1. The summed E-state index contributed by atoms with van der Waals surface area (Å²) in [5.41, 5.74) is 9.13. The van der Waals surface area contributed by atoms with E-state index in [9.17, 15) is 19.5 Å². The number of carbonyl (C=O) groups excluding carboxylic acids is 3. The second-order valence-electron chi connectivity index (χ2n) is 9.96. The Balaban J connectivity index is 1.21. The molecular weight excluding hydrogens is 582 g/mol. The van der Waals surface area contributed by atoms with Crippen LogP contribution in [-0.2, 0) is 27.2 Å². The number of ether oxygens (including phenoxy) is 3. The number of hydrogen-bond acceptors (Lipinski definition) is 10. The maximum absolute atomic E-state index is 12.6. The van der Waals surface area contributed by atoms with Gasteiger partial charge in [-0.1, -0.05) is 31.2 Å². The zero-order valence-electron chi connectivity index (χ0n) is 24.8. The molecule has 0 radical (unpaired) electrons. The Morgan fingerprint density at radius 2 is 1.76 bits per heavy atom. The van der Waals surface area contributed by atoms with Crippen LogP contribution in [0.1, 0.15) is 24.5 Å². The minimum Gasteiger partial charge on any atom is -0.508 e. The van der Waals surface area contributed by atoms with Crippen molar-refractivity contribution in [3.63, 3.8) is 0 Å². The zero-order valence-corrected chi connectivity index (χ0v) is 24.8. The number of phenols is 1. The number of methoxy groups -OCH3 is 1. The first-order chi connectivity index (χ1) is 21.7. The normalized spacial score (nSPS) is 12.0. The average Bonchev–Trinajstić information content (AvgIpc) is 3.58. The van der Waals surface area contributed by atoms with Crippen molar-refractivity contribution in [2.75, 3.05) is 24.4 Å². The van der Waals surface area contributed by atoms with Crippen molar-refractivity contribution < 1.29 is 38.1 Å². The van der Waals surface area contributed by atoms with E-state index in [4.69, 9.17) is 24.4 Å². The van der Waals surface area contributed by atoms with Crippen LogP contribution in [0, 0.1) is 0 Å². The van der Waals surface area contributed by atoms with Gasteiger partial charge in [-0.3, -0.25) is 4.79 Å². The van der Waals surface area contributed by atoms with Crippen LogP contribution in [0.3, 0.4) is 0 Å². The van der Waals surface area contributed by atoms with E-state index in [1.54, 1.807) is 67.7 Å². The highest BCUT2D eigenvalue weighted by Gasteiger charge is 2.20. The number of nitrogens with zero attached hydrogens (tertiary/aromatic N) is 1. The fourth-order valence-electron chi connectivity index (χ4n) is 4.23. The fourth-order valence-corrected chi connectivity index (χ4v) is 4.23. The van der Waals surface area contributed by atoms with Gasteiger partial charge in [-0.05, 0) is 60.4 Å². The third-order valence-corrected chi connectivity index (χ3v) is 6.61. The number of rotatable bonds is 13. The summed E-state index contributed by atoms with van der Waals surface area (Å²) < 4.78 is 21.4. The first-order valence-corrected chi connectivity index (χ1v) is 14.1. The number of hydrogen-bond donors (Lipinski definition) is 5. The number of nitrogens with one attached hydrogen (secondary N) is 3. The van der Waals surface area contributed by atoms with E-state index in [1.165, 1.54) is 25.6 Å². The summed E-state index contributed by atoms with van der Waals surface area (Å²) in [5, 5.41) is 17.6. The van der Waals surface area contributed by atoms with Crippen molar-refractivity contribution in [1.82, 2.24) is 10.3 Å². The van der Waals surface area contributed by atoms with Crippen LogP contribution in [0.25, 0.3) is 11.3 Å². The molecule has 1 aromatic heterocycles. The molecule has 13 nitrogen and oxygen atoms in total. The number of aromatic nitrogens is 1. The molecule has 236 valence electrons. The van der Waals surface area contributed by atoms with Crippen LogP contribution in [0.5, 0.6) is 11.5 Å². The summed E-state index contributed by atoms with van der Waals surface area (Å²) in [5.74, 6) is 0.533. The second-order valence-corrected chi connectivity index (χ2v) is 9.96. The molecule has 13 heteroatoms. The topological polar surface area (TPSA) is 187 Å². The summed E-state index contributed by atoms with van der Waals surface area (Å²) in [7, 11) is 1.52. The Morgan fingerprint density at radius 3 is 2.44 bits per heavy atom. The van der Waals surface area contributed by atoms with Crippen LogP contribution >= 0.6 is 0 Å². The molecule has 6 N–H and O–H groups in total. The van der Waals surface area contributed by atoms with Crippen molar-refractivity contribution in [2.24, 2.45) is 5.73 Å². The van der Waals surface area contributed by atoms with Crippen LogP contribution in [0.4, 0.5) is 21.0 Å². The summed E-state index contributed by atoms with van der Waals surface area (Å²) >= 11 is 0. The quantitative estimate of drug-likeness (QED) is 0.130. The van der Waals surface area contributed by atoms with Gasteiger partial charge in [0.25, 0.3) is 0 Å². The molecule has 0 fully saturated rings. The van der Waals surface area contributed by atoms with Gasteiger partial charge in [0, 0.05) is 24.0 Å². The molecule has 0 saturated heterocycles. The summed E-state index contributed by atoms with van der Waals surface area (Å²) in [4.78, 5) is 41.3. The predicted molar refractivity (Wildman–Crippen MR) is 166 cm³/mol. The molecular formula is C32H35N5O8. The van der Waals surface area contributed by atoms with Gasteiger partial charge in [-0.2, -0.15) is 0 Å². The van der Waals surface area contributed by atoms with Gasteiger partial charge in [0.2, 0.25) is 0 Å². The molecule has 2 atom stereocenters. The molecule has 4 aromatic rings. The van der Waals surface area contributed by atoms with Crippen LogP contribution in [0.2, 0.25) is 0 Å². The molecule has 0 aliphatic carbocycles. The van der Waals surface area contributed by atoms with Gasteiger partial charge >= 0.3 is 18.1 Å². The lowest BCUT2D eigenvalue weighted by Gasteiger charge is -2.18. The van der Waals surface area contributed by atoms with Gasteiger partial charge in [-0.15, -0.1) is 0 Å². The molecule has 1 heterocycles. The number of phenolic OH excluding ortho intramolecular Hbond substituents is 1. The van der Waals surface area contributed by atoms with E-state index >= 15 is 0 Å². The monoisotopic (exact) mass is 617 g/mol. The molecule has 0 aliphatic heterocycles. The van der Waals surface area contributed by atoms with Crippen molar-refractivity contribution in [1.29, 1.82) is 0 Å². The van der Waals surface area contributed by atoms with Gasteiger partial charge in [0.05, 0.1) is 18.9 Å². The molecule has 3 amide bonds. The Morgan fingerprint density at radius 1 is 1.00 bits per heavy atom. The highest BCUT2D eigenvalue weighted by atomic mass is 16.6. The Kier molecular flexibility index (Phi) is 11.3. The number of amides is 3. The standard InChI is InChI=1S/C32H35N5O8/c1-3-25(18-43-30(39)27(33)14-20-7-10-24(38)11-8-20)45-32(41)35-16-21-5-4-6-22(13-21)36-31(40)37-23-9-12-26(28(15-23)42-2)29-17-34-19-44-29/h4-13,15,17,19,25,27,38H,3,14,16,18,33H2,1-2H3,(H,35,41)(H2,36,37,40)/t25-,27-/m1/s1. The Labute approximate surface area is 259 Å². The zero-order chi connectivity index (χ0) is 32.2.